The maximum absolute atomic E-state index is 10.1. The maximum Gasteiger partial charge on any atom is 0.119 e. The van der Waals surface area contributed by atoms with Gasteiger partial charge in [0.2, 0.25) is 0 Å². The molecule has 0 atom stereocenters. The molecule has 0 aromatic heterocycles. The van der Waals surface area contributed by atoms with E-state index in [0.717, 1.165) is 32.0 Å². The summed E-state index contributed by atoms with van der Waals surface area (Å²) in [6.45, 7) is 2.24. The summed E-state index contributed by atoms with van der Waals surface area (Å²) >= 11 is 0. The fourth-order valence-corrected chi connectivity index (χ4v) is 2.13. The van der Waals surface area contributed by atoms with Crippen LogP contribution in [0.15, 0.2) is 36.5 Å². The summed E-state index contributed by atoms with van der Waals surface area (Å²) in [7, 11) is 0. The fourth-order valence-electron chi connectivity index (χ4n) is 2.13. The minimum Gasteiger partial charge on any atom is -0.303 e. The number of hydrogen-bond donors (Lipinski definition) is 0. The zero-order valence-corrected chi connectivity index (χ0v) is 13.9. The Bertz CT molecular complexity index is 286. The molecule has 0 aromatic carbocycles. The topological polar surface area (TPSA) is 17.1 Å². The molecule has 0 heterocycles. The largest absolute Gasteiger partial charge is 0.303 e. The molecule has 0 saturated heterocycles. The van der Waals surface area contributed by atoms with Gasteiger partial charge in [0.15, 0.2) is 0 Å². The molecule has 0 aliphatic rings. The Hall–Kier alpha value is -1.11. The number of aldehydes is 1. The molecule has 0 radical (unpaired) electrons. The van der Waals surface area contributed by atoms with E-state index in [1.807, 2.05) is 0 Å². The van der Waals surface area contributed by atoms with Gasteiger partial charge < -0.3 is 4.79 Å². The zero-order chi connectivity index (χ0) is 15.4. The van der Waals surface area contributed by atoms with Crippen LogP contribution in [-0.4, -0.2) is 6.29 Å². The minimum atomic E-state index is 0.730. The molecule has 0 spiro atoms. The Morgan fingerprint density at radius 2 is 1.05 bits per heavy atom. The van der Waals surface area contributed by atoms with Crippen LogP contribution < -0.4 is 0 Å². The molecule has 21 heavy (non-hydrogen) atoms. The Morgan fingerprint density at radius 3 is 1.57 bits per heavy atom. The first kappa shape index (κ1) is 19.9. The minimum absolute atomic E-state index is 0.730. The van der Waals surface area contributed by atoms with Gasteiger partial charge in [-0.2, -0.15) is 0 Å². The van der Waals surface area contributed by atoms with Crippen molar-refractivity contribution in [2.24, 2.45) is 0 Å². The third kappa shape index (κ3) is 18.9. The van der Waals surface area contributed by atoms with Crippen LogP contribution in [0, 0.1) is 0 Å². The van der Waals surface area contributed by atoms with Gasteiger partial charge in [0.1, 0.15) is 6.29 Å². The van der Waals surface area contributed by atoms with Gasteiger partial charge in [-0.15, -0.1) is 0 Å². The third-order valence-corrected chi connectivity index (χ3v) is 3.46. The van der Waals surface area contributed by atoms with Crippen molar-refractivity contribution in [3.8, 4) is 0 Å². The van der Waals surface area contributed by atoms with Gasteiger partial charge in [-0.1, -0.05) is 69.1 Å². The molecule has 0 fully saturated rings. The summed E-state index contributed by atoms with van der Waals surface area (Å²) in [6, 6.07) is 0. The van der Waals surface area contributed by atoms with Crippen LogP contribution in [0.5, 0.6) is 0 Å². The number of unbranched alkanes of at least 4 members (excludes halogenated alkanes) is 8. The lowest BCUT2D eigenvalue weighted by molar-refractivity contribution is -0.107. The normalized spacial score (nSPS) is 12.0. The summed E-state index contributed by atoms with van der Waals surface area (Å²) in [4.78, 5) is 10.1. The van der Waals surface area contributed by atoms with E-state index in [9.17, 15) is 4.79 Å². The van der Waals surface area contributed by atoms with E-state index in [1.165, 1.54) is 51.4 Å². The Morgan fingerprint density at radius 1 is 0.571 bits per heavy atom. The zero-order valence-electron chi connectivity index (χ0n) is 13.9. The van der Waals surface area contributed by atoms with E-state index < -0.39 is 0 Å². The van der Waals surface area contributed by atoms with E-state index >= 15 is 0 Å². The van der Waals surface area contributed by atoms with Gasteiger partial charge in [-0.3, -0.25) is 0 Å². The monoisotopic (exact) mass is 290 g/mol. The molecule has 0 aromatic rings. The Labute approximate surface area is 132 Å². The summed E-state index contributed by atoms with van der Waals surface area (Å²) in [5.41, 5.74) is 0. The number of allylic oxidation sites excluding steroid dienone is 6. The van der Waals surface area contributed by atoms with Crippen LogP contribution in [0.2, 0.25) is 0 Å². The van der Waals surface area contributed by atoms with Gasteiger partial charge in [0, 0.05) is 6.42 Å². The predicted molar refractivity (Wildman–Crippen MR) is 94.6 cm³/mol. The molecule has 120 valence electrons. The van der Waals surface area contributed by atoms with Gasteiger partial charge in [0.05, 0.1) is 0 Å². The fraction of sp³-hybridized carbons (Fsp3) is 0.650. The SMILES string of the molecule is CCCCC/C=C\C/C=C\C/C=C\CCCCCCC=O. The highest BCUT2D eigenvalue weighted by Gasteiger charge is 1.87. The van der Waals surface area contributed by atoms with Gasteiger partial charge in [0.25, 0.3) is 0 Å². The highest BCUT2D eigenvalue weighted by molar-refractivity contribution is 5.48. The highest BCUT2D eigenvalue weighted by atomic mass is 16.1. The van der Waals surface area contributed by atoms with Crippen molar-refractivity contribution < 1.29 is 4.79 Å². The van der Waals surface area contributed by atoms with Crippen molar-refractivity contribution >= 4 is 6.29 Å². The second-order valence-electron chi connectivity index (χ2n) is 5.54. The van der Waals surface area contributed by atoms with Crippen LogP contribution >= 0.6 is 0 Å². The second kappa shape index (κ2) is 18.9. The summed E-state index contributed by atoms with van der Waals surface area (Å²) in [5.74, 6) is 0. The van der Waals surface area contributed by atoms with Crippen molar-refractivity contribution in [1.82, 2.24) is 0 Å². The number of hydrogen-bond acceptors (Lipinski definition) is 1. The van der Waals surface area contributed by atoms with Gasteiger partial charge >= 0.3 is 0 Å². The van der Waals surface area contributed by atoms with Crippen molar-refractivity contribution in [3.63, 3.8) is 0 Å². The summed E-state index contributed by atoms with van der Waals surface area (Å²) < 4.78 is 0. The highest BCUT2D eigenvalue weighted by Crippen LogP contribution is 2.05. The smallest absolute Gasteiger partial charge is 0.119 e. The summed E-state index contributed by atoms with van der Waals surface area (Å²) in [6.07, 6.45) is 28.6. The van der Waals surface area contributed by atoms with Crippen LogP contribution in [0.3, 0.4) is 0 Å². The van der Waals surface area contributed by atoms with E-state index in [2.05, 4.69) is 43.4 Å². The van der Waals surface area contributed by atoms with E-state index in [1.54, 1.807) is 0 Å². The average Bonchev–Trinajstić information content (AvgIpc) is 2.50. The molecule has 1 heteroatoms. The Kier molecular flexibility index (Phi) is 17.9. The first-order chi connectivity index (χ1) is 10.4. The van der Waals surface area contributed by atoms with Crippen molar-refractivity contribution in [1.29, 1.82) is 0 Å². The molecule has 0 aliphatic heterocycles. The standard InChI is InChI=1S/C20H34O/c1-2-3-4-5-6-7-8-9-10-11-12-13-14-15-16-17-18-19-20-21/h6-7,9-10,12-13,20H,2-5,8,11,14-19H2,1H3/b7-6-,10-9-,13-12-. The third-order valence-electron chi connectivity index (χ3n) is 3.46. The van der Waals surface area contributed by atoms with Crippen molar-refractivity contribution in [2.45, 2.75) is 84.0 Å². The quantitative estimate of drug-likeness (QED) is 0.190. The molecule has 0 amide bonds. The number of rotatable bonds is 15. The number of carbonyl (C=O) groups excluding carboxylic acids is 1. The molecule has 0 saturated carbocycles. The van der Waals surface area contributed by atoms with Crippen LogP contribution in [0.25, 0.3) is 0 Å². The average molecular weight is 290 g/mol. The molecule has 0 aliphatic carbocycles. The molecule has 1 nitrogen and oxygen atoms in total. The molecule has 0 unspecified atom stereocenters. The molecular formula is C20H34O. The molecule has 0 N–H and O–H groups in total. The predicted octanol–water partition coefficient (Wildman–Crippen LogP) is 6.56. The summed E-state index contributed by atoms with van der Waals surface area (Å²) in [5, 5.41) is 0. The van der Waals surface area contributed by atoms with Crippen molar-refractivity contribution in [2.75, 3.05) is 0 Å². The first-order valence-electron chi connectivity index (χ1n) is 8.80. The van der Waals surface area contributed by atoms with Gasteiger partial charge in [-0.05, 0) is 44.9 Å². The Balaban J connectivity index is 3.26. The van der Waals surface area contributed by atoms with E-state index in [-0.39, 0.29) is 0 Å². The molecule has 0 rings (SSSR count). The maximum atomic E-state index is 10.1. The first-order valence-corrected chi connectivity index (χ1v) is 8.80. The van der Waals surface area contributed by atoms with Crippen LogP contribution in [0.4, 0.5) is 0 Å². The lowest BCUT2D eigenvalue weighted by atomic mass is 10.1. The van der Waals surface area contributed by atoms with Crippen molar-refractivity contribution in [3.05, 3.63) is 36.5 Å². The van der Waals surface area contributed by atoms with Gasteiger partial charge in [-0.25, -0.2) is 0 Å². The molecule has 0 bridgehead atoms. The van der Waals surface area contributed by atoms with Crippen LogP contribution in [-0.2, 0) is 4.79 Å². The lowest BCUT2D eigenvalue weighted by Crippen LogP contribution is -1.79. The van der Waals surface area contributed by atoms with E-state index in [0.29, 0.717) is 0 Å². The second-order valence-corrected chi connectivity index (χ2v) is 5.54. The lowest BCUT2D eigenvalue weighted by Gasteiger charge is -1.95. The molecular weight excluding hydrogens is 256 g/mol. The van der Waals surface area contributed by atoms with E-state index in [4.69, 9.17) is 0 Å². The van der Waals surface area contributed by atoms with Crippen LogP contribution in [0.1, 0.15) is 84.0 Å². The number of carbonyl (C=O) groups is 1.